The van der Waals surface area contributed by atoms with E-state index in [0.29, 0.717) is 12.3 Å². The maximum Gasteiger partial charge on any atom is 0.235 e. The Kier molecular flexibility index (Phi) is 6.05. The topological polar surface area (TPSA) is 72.2 Å². The first kappa shape index (κ1) is 14.6. The number of amides is 1. The summed E-state index contributed by atoms with van der Waals surface area (Å²) in [6.07, 6.45) is 0.882. The normalized spacial score (nSPS) is 15.8. The van der Waals surface area contributed by atoms with Gasteiger partial charge in [-0.25, -0.2) is 0 Å². The molecule has 0 bridgehead atoms. The molecule has 0 heterocycles. The van der Waals surface area contributed by atoms with Gasteiger partial charge in [0.15, 0.2) is 0 Å². The van der Waals surface area contributed by atoms with Crippen molar-refractivity contribution in [2.24, 2.45) is 5.73 Å². The van der Waals surface area contributed by atoms with Crippen molar-refractivity contribution in [3.05, 3.63) is 0 Å². The van der Waals surface area contributed by atoms with E-state index < -0.39 is 21.6 Å². The maximum absolute atomic E-state index is 11.7. The van der Waals surface area contributed by atoms with Crippen molar-refractivity contribution in [2.45, 2.75) is 44.9 Å². The van der Waals surface area contributed by atoms with Gasteiger partial charge >= 0.3 is 0 Å². The van der Waals surface area contributed by atoms with Gasteiger partial charge in [0, 0.05) is 28.6 Å². The second-order valence-electron chi connectivity index (χ2n) is 4.45. The number of rotatable bonds is 6. The molecule has 0 spiro atoms. The van der Waals surface area contributed by atoms with E-state index in [-0.39, 0.29) is 5.91 Å². The highest BCUT2D eigenvalue weighted by Crippen LogP contribution is 2.05. The maximum atomic E-state index is 11.7. The molecule has 2 unspecified atom stereocenters. The molecule has 0 aliphatic rings. The molecule has 3 N–H and O–H groups in total. The largest absolute Gasteiger partial charge is 0.355 e. The van der Waals surface area contributed by atoms with E-state index >= 15 is 0 Å². The molecule has 4 nitrogen and oxygen atoms in total. The fourth-order valence-electron chi connectivity index (χ4n) is 1.00. The molecule has 0 aromatic carbocycles. The second-order valence-corrected chi connectivity index (χ2v) is 6.20. The lowest BCUT2D eigenvalue weighted by Gasteiger charge is -2.20. The van der Waals surface area contributed by atoms with Crippen molar-refractivity contribution in [3.63, 3.8) is 0 Å². The van der Waals surface area contributed by atoms with E-state index in [1.165, 1.54) is 0 Å². The van der Waals surface area contributed by atoms with Gasteiger partial charge in [0.05, 0.1) is 0 Å². The van der Waals surface area contributed by atoms with Crippen LogP contribution < -0.4 is 11.1 Å². The van der Waals surface area contributed by atoms with Gasteiger partial charge < -0.3 is 11.1 Å². The molecule has 0 aromatic rings. The van der Waals surface area contributed by atoms with Gasteiger partial charge in [-0.05, 0) is 27.2 Å². The zero-order valence-corrected chi connectivity index (χ0v) is 10.8. The zero-order chi connectivity index (χ0) is 12.1. The molecule has 0 saturated carbocycles. The third-order valence-electron chi connectivity index (χ3n) is 1.83. The summed E-state index contributed by atoms with van der Waals surface area (Å²) in [4.78, 5) is 11.5. The van der Waals surface area contributed by atoms with Crippen molar-refractivity contribution in [1.82, 2.24) is 5.32 Å². The fourth-order valence-corrected chi connectivity index (χ4v) is 2.31. The molecule has 5 heteroatoms. The third kappa shape index (κ3) is 6.62. The van der Waals surface area contributed by atoms with Gasteiger partial charge in [-0.1, -0.05) is 6.92 Å². The van der Waals surface area contributed by atoms with E-state index in [9.17, 15) is 9.00 Å². The summed E-state index contributed by atoms with van der Waals surface area (Å²) in [5.74, 6) is 0.188. The minimum Gasteiger partial charge on any atom is -0.355 e. The summed E-state index contributed by atoms with van der Waals surface area (Å²) in [7, 11) is -1.20. The van der Waals surface area contributed by atoms with E-state index in [2.05, 4.69) is 5.32 Å². The molecule has 0 aliphatic heterocycles. The van der Waals surface area contributed by atoms with Crippen LogP contribution in [0.5, 0.6) is 0 Å². The Bertz CT molecular complexity index is 236. The van der Waals surface area contributed by atoms with Crippen LogP contribution in [-0.4, -0.2) is 33.2 Å². The molecule has 0 rings (SSSR count). The third-order valence-corrected chi connectivity index (χ3v) is 3.86. The minimum absolute atomic E-state index is 0.153. The van der Waals surface area contributed by atoms with Crippen molar-refractivity contribution in [3.8, 4) is 0 Å². The van der Waals surface area contributed by atoms with Crippen LogP contribution >= 0.6 is 0 Å². The monoisotopic (exact) mass is 234 g/mol. The Morgan fingerprint density at radius 3 is 2.47 bits per heavy atom. The second kappa shape index (κ2) is 6.23. The highest BCUT2D eigenvalue weighted by molar-refractivity contribution is 7.86. The average molecular weight is 234 g/mol. The van der Waals surface area contributed by atoms with E-state index in [0.717, 1.165) is 6.42 Å². The van der Waals surface area contributed by atoms with E-state index in [4.69, 9.17) is 5.73 Å². The zero-order valence-electron chi connectivity index (χ0n) is 10.0. The molecule has 0 saturated heterocycles. The average Bonchev–Trinajstić information content (AvgIpc) is 2.10. The molecule has 1 amide bonds. The van der Waals surface area contributed by atoms with Gasteiger partial charge in [0.25, 0.3) is 0 Å². The van der Waals surface area contributed by atoms with Crippen molar-refractivity contribution in [1.29, 1.82) is 0 Å². The highest BCUT2D eigenvalue weighted by Gasteiger charge is 2.24. The number of carbonyl (C=O) groups is 1. The number of nitrogens with one attached hydrogen (secondary N) is 1. The predicted octanol–water partition coefficient (Wildman–Crippen LogP) is 0.387. The summed E-state index contributed by atoms with van der Waals surface area (Å²) in [6.45, 7) is 7.90. The summed E-state index contributed by atoms with van der Waals surface area (Å²) < 4.78 is 11.7. The van der Waals surface area contributed by atoms with Crippen LogP contribution in [0.2, 0.25) is 0 Å². The molecule has 0 radical (unpaired) electrons. The Morgan fingerprint density at radius 1 is 1.53 bits per heavy atom. The lowest BCUT2D eigenvalue weighted by molar-refractivity contribution is -0.120. The number of carbonyl (C=O) groups excluding carboxylic acids is 1. The first-order chi connectivity index (χ1) is 6.78. The van der Waals surface area contributed by atoms with Gasteiger partial charge in [-0.2, -0.15) is 0 Å². The van der Waals surface area contributed by atoms with Crippen LogP contribution in [0.3, 0.4) is 0 Å². The SMILES string of the molecule is CCCNC(=O)C(C)S(=O)CC(C)(C)N. The lowest BCUT2D eigenvalue weighted by atomic mass is 10.1. The molecule has 0 aliphatic carbocycles. The summed E-state index contributed by atoms with van der Waals surface area (Å²) in [5, 5.41) is 2.24. The van der Waals surface area contributed by atoms with Gasteiger partial charge in [-0.3, -0.25) is 9.00 Å². The Morgan fingerprint density at radius 2 is 2.07 bits per heavy atom. The first-order valence-electron chi connectivity index (χ1n) is 5.21. The van der Waals surface area contributed by atoms with Crippen LogP contribution in [0.15, 0.2) is 0 Å². The molecule has 0 fully saturated rings. The van der Waals surface area contributed by atoms with Crippen LogP contribution in [-0.2, 0) is 15.6 Å². The standard InChI is InChI=1S/C10H22N2O2S/c1-5-6-12-9(13)8(2)15(14)7-10(3,4)11/h8H,5-7,11H2,1-4H3,(H,12,13). The lowest BCUT2D eigenvalue weighted by Crippen LogP contribution is -2.44. The Labute approximate surface area is 94.4 Å². The molecular weight excluding hydrogens is 212 g/mol. The van der Waals surface area contributed by atoms with Gasteiger partial charge in [-0.15, -0.1) is 0 Å². The van der Waals surface area contributed by atoms with Crippen molar-refractivity contribution >= 4 is 16.7 Å². The van der Waals surface area contributed by atoms with Crippen LogP contribution in [0, 0.1) is 0 Å². The van der Waals surface area contributed by atoms with Crippen LogP contribution in [0.4, 0.5) is 0 Å². The smallest absolute Gasteiger partial charge is 0.235 e. The minimum atomic E-state index is -1.20. The van der Waals surface area contributed by atoms with Gasteiger partial charge in [0.2, 0.25) is 5.91 Å². The first-order valence-corrected chi connectivity index (χ1v) is 6.60. The number of hydrogen-bond acceptors (Lipinski definition) is 3. The quantitative estimate of drug-likeness (QED) is 0.698. The van der Waals surface area contributed by atoms with Crippen molar-refractivity contribution < 1.29 is 9.00 Å². The number of nitrogens with two attached hydrogens (primary N) is 1. The van der Waals surface area contributed by atoms with E-state index in [1.807, 2.05) is 20.8 Å². The molecule has 0 aromatic heterocycles. The summed E-state index contributed by atoms with van der Waals surface area (Å²) >= 11 is 0. The molecule has 90 valence electrons. The summed E-state index contributed by atoms with van der Waals surface area (Å²) in [5.41, 5.74) is 5.25. The predicted molar refractivity (Wildman–Crippen MR) is 64.0 cm³/mol. The van der Waals surface area contributed by atoms with E-state index in [1.54, 1.807) is 6.92 Å². The van der Waals surface area contributed by atoms with Gasteiger partial charge in [0.1, 0.15) is 5.25 Å². The van der Waals surface area contributed by atoms with Crippen LogP contribution in [0.25, 0.3) is 0 Å². The molecule has 2 atom stereocenters. The Hall–Kier alpha value is -0.420. The summed E-state index contributed by atoms with van der Waals surface area (Å²) in [6, 6.07) is 0. The van der Waals surface area contributed by atoms with Crippen LogP contribution in [0.1, 0.15) is 34.1 Å². The molecule has 15 heavy (non-hydrogen) atoms. The fraction of sp³-hybridized carbons (Fsp3) is 0.900. The Balaban J connectivity index is 4.14. The van der Waals surface area contributed by atoms with Crippen molar-refractivity contribution in [2.75, 3.05) is 12.3 Å². The highest BCUT2D eigenvalue weighted by atomic mass is 32.2. The number of hydrogen-bond donors (Lipinski definition) is 2. The molecular formula is C10H22N2O2S.